The summed E-state index contributed by atoms with van der Waals surface area (Å²) in [5.74, 6) is 0.361. The van der Waals surface area contributed by atoms with E-state index in [0.29, 0.717) is 35.9 Å². The van der Waals surface area contributed by atoms with E-state index < -0.39 is 0 Å². The predicted octanol–water partition coefficient (Wildman–Crippen LogP) is 4.67. The van der Waals surface area contributed by atoms with Crippen LogP contribution >= 0.6 is 0 Å². The molecule has 1 saturated heterocycles. The Balaban J connectivity index is 1.57. The number of halogens is 1. The molecule has 5 nitrogen and oxygen atoms in total. The summed E-state index contributed by atoms with van der Waals surface area (Å²) in [7, 11) is 1.81. The zero-order valence-electron chi connectivity index (χ0n) is 17.3. The van der Waals surface area contributed by atoms with Gasteiger partial charge in [0.2, 0.25) is 5.91 Å². The van der Waals surface area contributed by atoms with E-state index in [1.54, 1.807) is 10.7 Å². The molecule has 2 aromatic rings. The van der Waals surface area contributed by atoms with Gasteiger partial charge in [-0.2, -0.15) is 10.4 Å². The van der Waals surface area contributed by atoms with Crippen molar-refractivity contribution in [3.63, 3.8) is 0 Å². The van der Waals surface area contributed by atoms with Crippen molar-refractivity contribution in [3.8, 4) is 6.07 Å². The largest absolute Gasteiger partial charge is 0.337 e. The first kappa shape index (κ1) is 19.9. The molecular weight excluding hydrogens is 367 g/mol. The second-order valence-corrected chi connectivity index (χ2v) is 8.82. The van der Waals surface area contributed by atoms with Crippen molar-refractivity contribution in [2.24, 2.45) is 13.0 Å². The molecule has 0 radical (unpaired) electrons. The van der Waals surface area contributed by atoms with Crippen LogP contribution < -0.4 is 0 Å². The highest BCUT2D eigenvalue weighted by Crippen LogP contribution is 2.40. The van der Waals surface area contributed by atoms with Crippen LogP contribution in [0.2, 0.25) is 0 Å². The van der Waals surface area contributed by atoms with Gasteiger partial charge in [0.15, 0.2) is 0 Å². The Morgan fingerprint density at radius 1 is 1.38 bits per heavy atom. The highest BCUT2D eigenvalue weighted by atomic mass is 19.1. The van der Waals surface area contributed by atoms with E-state index in [4.69, 9.17) is 5.26 Å². The number of aromatic nitrogens is 2. The number of hydrogen-bond donors (Lipinski definition) is 0. The summed E-state index contributed by atoms with van der Waals surface area (Å²) in [6.45, 7) is 1.96. The lowest BCUT2D eigenvalue weighted by molar-refractivity contribution is -0.141. The molecule has 0 N–H and O–H groups in total. The van der Waals surface area contributed by atoms with Gasteiger partial charge in [-0.1, -0.05) is 25.8 Å². The second kappa shape index (κ2) is 8.14. The molecule has 1 amide bonds. The molecule has 6 heteroatoms. The lowest BCUT2D eigenvalue weighted by atomic mass is 9.75. The number of fused-ring (bicyclic) bond motifs is 3. The Kier molecular flexibility index (Phi) is 5.58. The number of carbonyl (C=O) groups is 1. The van der Waals surface area contributed by atoms with Crippen LogP contribution in [0.1, 0.15) is 69.9 Å². The number of amides is 1. The van der Waals surface area contributed by atoms with Crippen LogP contribution in [0, 0.1) is 23.1 Å². The molecule has 1 aliphatic heterocycles. The zero-order chi connectivity index (χ0) is 20.5. The Morgan fingerprint density at radius 2 is 2.21 bits per heavy atom. The number of likely N-dealkylation sites (tertiary alicyclic amines) is 1. The third-order valence-electron chi connectivity index (χ3n) is 6.83. The number of rotatable bonds is 5. The summed E-state index contributed by atoms with van der Waals surface area (Å²) >= 11 is 0. The van der Waals surface area contributed by atoms with E-state index in [1.807, 2.05) is 20.0 Å². The van der Waals surface area contributed by atoms with Crippen LogP contribution in [0.3, 0.4) is 0 Å². The molecular formula is C23H29FN4O. The van der Waals surface area contributed by atoms with Crippen molar-refractivity contribution in [1.82, 2.24) is 14.7 Å². The Bertz CT molecular complexity index is 946. The number of carbonyl (C=O) groups excluding carboxylic acids is 1. The average molecular weight is 397 g/mol. The molecule has 2 bridgehead atoms. The first-order chi connectivity index (χ1) is 14.0. The summed E-state index contributed by atoms with van der Waals surface area (Å²) in [5.41, 5.74) is 1.40. The van der Waals surface area contributed by atoms with Crippen LogP contribution in [-0.2, 0) is 11.8 Å². The number of nitriles is 1. The fourth-order valence-electron chi connectivity index (χ4n) is 5.53. The Morgan fingerprint density at radius 3 is 3.00 bits per heavy atom. The summed E-state index contributed by atoms with van der Waals surface area (Å²) in [5, 5.41) is 14.1. The molecule has 1 aromatic carbocycles. The number of piperidine rings is 1. The lowest BCUT2D eigenvalue weighted by Gasteiger charge is -2.48. The minimum Gasteiger partial charge on any atom is -0.337 e. The molecule has 4 rings (SSSR count). The van der Waals surface area contributed by atoms with E-state index in [-0.39, 0.29) is 23.7 Å². The van der Waals surface area contributed by atoms with Gasteiger partial charge >= 0.3 is 0 Å². The number of benzene rings is 1. The van der Waals surface area contributed by atoms with Crippen molar-refractivity contribution < 1.29 is 9.18 Å². The van der Waals surface area contributed by atoms with Gasteiger partial charge in [-0.25, -0.2) is 4.39 Å². The number of nitrogens with zero attached hydrogens (tertiary/aromatic N) is 4. The first-order valence-electron chi connectivity index (χ1n) is 10.8. The predicted molar refractivity (Wildman–Crippen MR) is 110 cm³/mol. The molecule has 0 spiro atoms. The Hall–Kier alpha value is -2.42. The van der Waals surface area contributed by atoms with Gasteiger partial charge in [0, 0.05) is 37.9 Å². The van der Waals surface area contributed by atoms with Crippen LogP contribution in [0.5, 0.6) is 0 Å². The molecule has 2 heterocycles. The molecule has 4 atom stereocenters. The van der Waals surface area contributed by atoms with E-state index in [0.717, 1.165) is 31.2 Å². The van der Waals surface area contributed by atoms with Gasteiger partial charge in [0.1, 0.15) is 5.82 Å². The van der Waals surface area contributed by atoms with E-state index in [2.05, 4.69) is 16.1 Å². The summed E-state index contributed by atoms with van der Waals surface area (Å²) in [4.78, 5) is 15.5. The summed E-state index contributed by atoms with van der Waals surface area (Å²) in [6, 6.07) is 7.69. The van der Waals surface area contributed by atoms with Crippen LogP contribution in [0.15, 0.2) is 18.2 Å². The molecule has 2 aliphatic rings. The van der Waals surface area contributed by atoms with Crippen molar-refractivity contribution >= 4 is 16.8 Å². The van der Waals surface area contributed by atoms with Gasteiger partial charge in [-0.15, -0.1) is 0 Å². The van der Waals surface area contributed by atoms with Gasteiger partial charge in [-0.3, -0.25) is 9.48 Å². The fraction of sp³-hybridized carbons (Fsp3) is 0.609. The van der Waals surface area contributed by atoms with E-state index >= 15 is 0 Å². The van der Waals surface area contributed by atoms with Crippen molar-refractivity contribution in [2.75, 3.05) is 0 Å². The van der Waals surface area contributed by atoms with Crippen LogP contribution in [0.25, 0.3) is 10.9 Å². The molecule has 2 fully saturated rings. The number of aryl methyl sites for hydroxylation is 1. The molecule has 1 saturated carbocycles. The maximum absolute atomic E-state index is 14.5. The van der Waals surface area contributed by atoms with E-state index in [9.17, 15) is 9.18 Å². The minimum atomic E-state index is -0.287. The zero-order valence-corrected chi connectivity index (χ0v) is 17.3. The standard InChI is InChI=1S/C23H29FN4O/c1-15(23-22-19(24)9-4-10-20(22)27(2)26-23)12-21(29)28-17-7-3-6-16(13-17)14-18(28)8-5-11-25/h4,9-10,15-18H,3,5-8,12-14H2,1-2H3. The topological polar surface area (TPSA) is 61.9 Å². The van der Waals surface area contributed by atoms with Crippen molar-refractivity contribution in [1.29, 1.82) is 5.26 Å². The smallest absolute Gasteiger partial charge is 0.223 e. The summed E-state index contributed by atoms with van der Waals surface area (Å²) in [6.07, 6.45) is 7.15. The third-order valence-corrected chi connectivity index (χ3v) is 6.83. The van der Waals surface area contributed by atoms with Crippen molar-refractivity contribution in [2.45, 2.75) is 76.3 Å². The van der Waals surface area contributed by atoms with Gasteiger partial charge < -0.3 is 4.90 Å². The van der Waals surface area contributed by atoms with Crippen LogP contribution in [0.4, 0.5) is 4.39 Å². The fourth-order valence-corrected chi connectivity index (χ4v) is 5.53. The monoisotopic (exact) mass is 396 g/mol. The van der Waals surface area contributed by atoms with Gasteiger partial charge in [-0.05, 0) is 43.7 Å². The highest BCUT2D eigenvalue weighted by molar-refractivity contribution is 5.84. The van der Waals surface area contributed by atoms with Crippen LogP contribution in [-0.4, -0.2) is 32.7 Å². The summed E-state index contributed by atoms with van der Waals surface area (Å²) < 4.78 is 16.2. The average Bonchev–Trinajstić information content (AvgIpc) is 3.04. The first-order valence-corrected chi connectivity index (χ1v) is 10.8. The highest BCUT2D eigenvalue weighted by Gasteiger charge is 2.40. The molecule has 1 aliphatic carbocycles. The van der Waals surface area contributed by atoms with Gasteiger partial charge in [0.05, 0.1) is 22.7 Å². The quantitative estimate of drug-likeness (QED) is 0.738. The second-order valence-electron chi connectivity index (χ2n) is 8.82. The SMILES string of the molecule is CC(CC(=O)N1C(CCC#N)CC2CCCC1C2)c1nn(C)c2cccc(F)c12. The maximum atomic E-state index is 14.5. The van der Waals surface area contributed by atoms with Gasteiger partial charge in [0.25, 0.3) is 0 Å². The molecule has 154 valence electrons. The Labute approximate surface area is 171 Å². The van der Waals surface area contributed by atoms with E-state index in [1.165, 1.54) is 18.9 Å². The lowest BCUT2D eigenvalue weighted by Crippen LogP contribution is -2.53. The third kappa shape index (κ3) is 3.75. The normalized spacial score (nSPS) is 25.0. The number of hydrogen-bond acceptors (Lipinski definition) is 3. The van der Waals surface area contributed by atoms with Crippen molar-refractivity contribution in [3.05, 3.63) is 29.7 Å². The maximum Gasteiger partial charge on any atom is 0.223 e. The molecule has 1 aromatic heterocycles. The molecule has 4 unspecified atom stereocenters. The minimum absolute atomic E-state index is 0.126. The molecule has 29 heavy (non-hydrogen) atoms.